The molecule has 0 aliphatic carbocycles. The van der Waals surface area contributed by atoms with Crippen LogP contribution in [0, 0.1) is 0 Å². The fourth-order valence-corrected chi connectivity index (χ4v) is 4.12. The molecule has 1 N–H and O–H groups in total. The second-order valence-electron chi connectivity index (χ2n) is 4.74. The van der Waals surface area contributed by atoms with E-state index in [1.54, 1.807) is 43.5 Å². The van der Waals surface area contributed by atoms with Gasteiger partial charge in [-0.25, -0.2) is 0 Å². The van der Waals surface area contributed by atoms with Crippen LogP contribution in [0.25, 0.3) is 10.8 Å². The van der Waals surface area contributed by atoms with E-state index in [2.05, 4.69) is 0 Å². The van der Waals surface area contributed by atoms with Gasteiger partial charge in [0.2, 0.25) is 0 Å². The minimum Gasteiger partial charge on any atom is -0.496 e. The van der Waals surface area contributed by atoms with Gasteiger partial charge in [-0.05, 0) is 29.7 Å². The Labute approximate surface area is 123 Å². The second kappa shape index (κ2) is 5.36. The van der Waals surface area contributed by atoms with Crippen molar-refractivity contribution in [2.24, 2.45) is 0 Å². The Hall–Kier alpha value is -2.09. The average molecular weight is 298 g/mol. The summed E-state index contributed by atoms with van der Waals surface area (Å²) in [7, 11) is -2.03. The highest BCUT2D eigenvalue weighted by Gasteiger charge is 2.26. The van der Waals surface area contributed by atoms with E-state index in [4.69, 9.17) is 4.74 Å². The lowest BCUT2D eigenvalue weighted by Gasteiger charge is -2.16. The van der Waals surface area contributed by atoms with Gasteiger partial charge < -0.3 is 9.63 Å². The normalized spacial score (nSPS) is 13.8. The van der Waals surface area contributed by atoms with Crippen molar-refractivity contribution >= 4 is 28.8 Å². The third-order valence-electron chi connectivity index (χ3n) is 3.51. The van der Waals surface area contributed by atoms with Crippen LogP contribution in [0.5, 0.6) is 5.75 Å². The maximum Gasteiger partial charge on any atom is 0.259 e. The van der Waals surface area contributed by atoms with E-state index >= 15 is 0 Å². The first-order valence-corrected chi connectivity index (χ1v) is 8.25. The Morgan fingerprint density at radius 3 is 2.14 bits per heavy atom. The van der Waals surface area contributed by atoms with E-state index in [-0.39, 0.29) is 0 Å². The van der Waals surface area contributed by atoms with Crippen molar-refractivity contribution in [3.8, 4) is 5.75 Å². The van der Waals surface area contributed by atoms with Crippen LogP contribution in [0.1, 0.15) is 0 Å². The molecule has 3 nitrogen and oxygen atoms in total. The first kappa shape index (κ1) is 13.9. The zero-order chi connectivity index (χ0) is 14.9. The van der Waals surface area contributed by atoms with Gasteiger partial charge >= 0.3 is 0 Å². The van der Waals surface area contributed by atoms with Crippen LogP contribution >= 0.6 is 7.37 Å². The van der Waals surface area contributed by atoms with E-state index in [1.807, 2.05) is 30.3 Å². The highest BCUT2D eigenvalue weighted by Crippen LogP contribution is 2.41. The van der Waals surface area contributed by atoms with Gasteiger partial charge in [0.1, 0.15) is 5.75 Å². The van der Waals surface area contributed by atoms with Crippen molar-refractivity contribution < 1.29 is 14.2 Å². The zero-order valence-electron chi connectivity index (χ0n) is 11.6. The van der Waals surface area contributed by atoms with E-state index in [0.29, 0.717) is 16.4 Å². The Kier molecular flexibility index (Phi) is 3.54. The molecule has 21 heavy (non-hydrogen) atoms. The summed E-state index contributed by atoms with van der Waals surface area (Å²) in [5.41, 5.74) is 0. The molecule has 0 spiro atoms. The lowest BCUT2D eigenvalue weighted by molar-refractivity contribution is 0.420. The van der Waals surface area contributed by atoms with Crippen LogP contribution in [0.4, 0.5) is 0 Å². The molecule has 0 saturated carbocycles. The second-order valence-corrected chi connectivity index (χ2v) is 6.89. The molecule has 0 fully saturated rings. The van der Waals surface area contributed by atoms with Crippen molar-refractivity contribution in [1.82, 2.24) is 0 Å². The Morgan fingerprint density at radius 1 is 0.857 bits per heavy atom. The Bertz CT molecular complexity index is 828. The van der Waals surface area contributed by atoms with Crippen molar-refractivity contribution in [3.05, 3.63) is 66.7 Å². The van der Waals surface area contributed by atoms with Gasteiger partial charge in [0.25, 0.3) is 7.37 Å². The largest absolute Gasteiger partial charge is 0.496 e. The van der Waals surface area contributed by atoms with Crippen LogP contribution in [0.15, 0.2) is 66.7 Å². The van der Waals surface area contributed by atoms with E-state index < -0.39 is 7.37 Å². The van der Waals surface area contributed by atoms with Crippen LogP contribution < -0.4 is 15.3 Å². The molecule has 3 aromatic carbocycles. The average Bonchev–Trinajstić information content (AvgIpc) is 2.54. The maximum absolute atomic E-state index is 12.9. The molecule has 0 heterocycles. The number of methoxy groups -OCH3 is 1. The maximum atomic E-state index is 12.9. The van der Waals surface area contributed by atoms with Crippen LogP contribution in [-0.4, -0.2) is 12.0 Å². The number of hydrogen-bond donors (Lipinski definition) is 1. The SMILES string of the molecule is COc1ccc(P(=O)(O)c2ccccc2)c2ccccc12. The van der Waals surface area contributed by atoms with Gasteiger partial charge in [-0.2, -0.15) is 0 Å². The molecule has 0 radical (unpaired) electrons. The lowest BCUT2D eigenvalue weighted by atomic mass is 10.1. The van der Waals surface area contributed by atoms with Gasteiger partial charge in [-0.1, -0.05) is 42.5 Å². The number of fused-ring (bicyclic) bond motifs is 1. The molecule has 3 aromatic rings. The fraction of sp³-hybridized carbons (Fsp3) is 0.0588. The standard InChI is InChI=1S/C17H15O3P/c1-20-16-11-12-17(15-10-6-5-9-14(15)16)21(18,19)13-7-3-2-4-8-13/h2-12H,1H3,(H,18,19). The number of rotatable bonds is 3. The minimum absolute atomic E-state index is 0.431. The monoisotopic (exact) mass is 298 g/mol. The molecule has 1 unspecified atom stereocenters. The molecule has 0 amide bonds. The van der Waals surface area contributed by atoms with Gasteiger partial charge in [0.05, 0.1) is 7.11 Å². The van der Waals surface area contributed by atoms with Crippen LogP contribution in [-0.2, 0) is 4.57 Å². The minimum atomic E-state index is -3.63. The summed E-state index contributed by atoms with van der Waals surface area (Å²) in [6.45, 7) is 0. The first-order chi connectivity index (χ1) is 10.1. The predicted molar refractivity (Wildman–Crippen MR) is 86.0 cm³/mol. The first-order valence-electron chi connectivity index (χ1n) is 6.59. The van der Waals surface area contributed by atoms with Crippen LogP contribution in [0.3, 0.4) is 0 Å². The molecule has 0 bridgehead atoms. The van der Waals surface area contributed by atoms with Crippen molar-refractivity contribution in [3.63, 3.8) is 0 Å². The van der Waals surface area contributed by atoms with Gasteiger partial charge in [-0.3, -0.25) is 4.57 Å². The van der Waals surface area contributed by atoms with E-state index in [1.165, 1.54) is 0 Å². The molecular formula is C17H15O3P. The topological polar surface area (TPSA) is 46.5 Å². The van der Waals surface area contributed by atoms with Gasteiger partial charge in [0.15, 0.2) is 0 Å². The summed E-state index contributed by atoms with van der Waals surface area (Å²) in [6, 6.07) is 19.6. The Balaban J connectivity index is 2.29. The molecule has 4 heteroatoms. The molecule has 3 rings (SSSR count). The highest BCUT2D eigenvalue weighted by atomic mass is 31.2. The number of benzene rings is 3. The van der Waals surface area contributed by atoms with E-state index in [0.717, 1.165) is 10.8 Å². The van der Waals surface area contributed by atoms with Crippen molar-refractivity contribution in [1.29, 1.82) is 0 Å². The molecule has 0 aromatic heterocycles. The summed E-state index contributed by atoms with van der Waals surface area (Å²) in [5.74, 6) is 0.697. The van der Waals surface area contributed by atoms with Crippen LogP contribution in [0.2, 0.25) is 0 Å². The molecule has 0 aliphatic rings. The van der Waals surface area contributed by atoms with E-state index in [9.17, 15) is 9.46 Å². The fourth-order valence-electron chi connectivity index (χ4n) is 2.47. The number of hydrogen-bond acceptors (Lipinski definition) is 2. The highest BCUT2D eigenvalue weighted by molar-refractivity contribution is 7.74. The third-order valence-corrected chi connectivity index (χ3v) is 5.55. The quantitative estimate of drug-likeness (QED) is 0.756. The smallest absolute Gasteiger partial charge is 0.259 e. The van der Waals surface area contributed by atoms with Gasteiger partial charge in [0, 0.05) is 16.0 Å². The Morgan fingerprint density at radius 2 is 1.48 bits per heavy atom. The third kappa shape index (κ3) is 2.35. The number of ether oxygens (including phenoxy) is 1. The van der Waals surface area contributed by atoms with Crippen molar-refractivity contribution in [2.45, 2.75) is 0 Å². The zero-order valence-corrected chi connectivity index (χ0v) is 12.5. The summed E-state index contributed by atoms with van der Waals surface area (Å²) >= 11 is 0. The molecule has 106 valence electrons. The summed E-state index contributed by atoms with van der Waals surface area (Å²) < 4.78 is 18.3. The molecule has 0 aliphatic heterocycles. The summed E-state index contributed by atoms with van der Waals surface area (Å²) in [4.78, 5) is 10.6. The van der Waals surface area contributed by atoms with Gasteiger partial charge in [-0.15, -0.1) is 0 Å². The molecule has 0 saturated heterocycles. The molecular weight excluding hydrogens is 283 g/mol. The summed E-state index contributed by atoms with van der Waals surface area (Å²) in [5, 5.41) is 2.44. The summed E-state index contributed by atoms with van der Waals surface area (Å²) in [6.07, 6.45) is 0. The van der Waals surface area contributed by atoms with Crippen molar-refractivity contribution in [2.75, 3.05) is 7.11 Å². The molecule has 1 atom stereocenters. The lowest BCUT2D eigenvalue weighted by Crippen LogP contribution is -2.16. The predicted octanol–water partition coefficient (Wildman–Crippen LogP) is 3.07.